The Balaban J connectivity index is 2.34. The van der Waals surface area contributed by atoms with E-state index >= 15 is 0 Å². The van der Waals surface area contributed by atoms with Crippen LogP contribution in [0.2, 0.25) is 0 Å². The molecular weight excluding hydrogens is 148 g/mol. The van der Waals surface area contributed by atoms with Gasteiger partial charge in [0.2, 0.25) is 0 Å². The first-order valence-corrected chi connectivity index (χ1v) is 3.22. The van der Waals surface area contributed by atoms with Crippen molar-refractivity contribution in [3.05, 3.63) is 12.2 Å². The molecule has 0 saturated carbocycles. The molecule has 0 amide bonds. The third-order valence-electron chi connectivity index (χ3n) is 0.990. The van der Waals surface area contributed by atoms with Crippen molar-refractivity contribution in [2.24, 2.45) is 4.99 Å². The summed E-state index contributed by atoms with van der Waals surface area (Å²) < 4.78 is 0. The van der Waals surface area contributed by atoms with E-state index in [1.54, 1.807) is 0 Å². The summed E-state index contributed by atoms with van der Waals surface area (Å²) in [6.07, 6.45) is 2.21. The molecule has 4 nitrogen and oxygen atoms in total. The smallest absolute Gasteiger partial charge is 0.137 e. The van der Waals surface area contributed by atoms with Crippen LogP contribution >= 0.6 is 12.2 Å². The summed E-state index contributed by atoms with van der Waals surface area (Å²) >= 11 is 4.38. The summed E-state index contributed by atoms with van der Waals surface area (Å²) in [5.41, 5.74) is 0. The number of aliphatic imine (C=N–C) groups is 1. The second kappa shape index (κ2) is 3.87. The van der Waals surface area contributed by atoms with Crippen molar-refractivity contribution in [2.75, 3.05) is 6.54 Å². The number of hydrogen-bond donors (Lipinski definition) is 1. The SMILES string of the molecule is S=C=NCCc1ncn[nH]1. The van der Waals surface area contributed by atoms with Gasteiger partial charge in [0.15, 0.2) is 0 Å². The molecule has 0 aliphatic rings. The normalized spacial score (nSPS) is 8.80. The van der Waals surface area contributed by atoms with E-state index in [0.29, 0.717) is 6.54 Å². The van der Waals surface area contributed by atoms with E-state index in [1.807, 2.05) is 0 Å². The number of nitrogens with zero attached hydrogens (tertiary/aromatic N) is 3. The Bertz CT molecular complexity index is 224. The van der Waals surface area contributed by atoms with E-state index in [4.69, 9.17) is 0 Å². The van der Waals surface area contributed by atoms with Crippen LogP contribution in [0.5, 0.6) is 0 Å². The van der Waals surface area contributed by atoms with E-state index in [2.05, 4.69) is 37.6 Å². The molecule has 0 bridgehead atoms. The summed E-state index contributed by atoms with van der Waals surface area (Å²) in [7, 11) is 0. The second-order valence-electron chi connectivity index (χ2n) is 1.66. The highest BCUT2D eigenvalue weighted by Gasteiger charge is 1.91. The maximum absolute atomic E-state index is 4.38. The fraction of sp³-hybridized carbons (Fsp3) is 0.400. The molecule has 0 atom stereocenters. The van der Waals surface area contributed by atoms with Gasteiger partial charge in [0, 0.05) is 6.42 Å². The van der Waals surface area contributed by atoms with Crippen molar-refractivity contribution in [2.45, 2.75) is 6.42 Å². The number of rotatable bonds is 3. The zero-order chi connectivity index (χ0) is 7.23. The standard InChI is InChI=1S/C5H6N4S/c10-4-6-2-1-5-7-3-8-9-5/h3H,1-2H2,(H,7,8,9). The van der Waals surface area contributed by atoms with Crippen LogP contribution in [-0.4, -0.2) is 26.9 Å². The molecule has 10 heavy (non-hydrogen) atoms. The number of aromatic amines is 1. The number of thiocarbonyl (C=S) groups is 1. The molecule has 0 radical (unpaired) electrons. The van der Waals surface area contributed by atoms with Gasteiger partial charge in [-0.05, 0) is 12.2 Å². The molecule has 0 unspecified atom stereocenters. The summed E-state index contributed by atoms with van der Waals surface area (Å²) in [6.45, 7) is 0.624. The van der Waals surface area contributed by atoms with Crippen molar-refractivity contribution < 1.29 is 0 Å². The van der Waals surface area contributed by atoms with Crippen LogP contribution in [0.4, 0.5) is 0 Å². The van der Waals surface area contributed by atoms with E-state index in [-0.39, 0.29) is 0 Å². The topological polar surface area (TPSA) is 53.9 Å². The summed E-state index contributed by atoms with van der Waals surface area (Å²) in [5, 5.41) is 8.67. The first-order valence-electron chi connectivity index (χ1n) is 2.81. The third kappa shape index (κ3) is 2.05. The van der Waals surface area contributed by atoms with Crippen molar-refractivity contribution in [3.8, 4) is 0 Å². The van der Waals surface area contributed by atoms with Crippen LogP contribution in [0.25, 0.3) is 0 Å². The molecule has 0 aromatic carbocycles. The minimum absolute atomic E-state index is 0.624. The lowest BCUT2D eigenvalue weighted by molar-refractivity contribution is 0.878. The highest BCUT2D eigenvalue weighted by molar-refractivity contribution is 7.78. The predicted molar refractivity (Wildman–Crippen MR) is 40.0 cm³/mol. The zero-order valence-electron chi connectivity index (χ0n) is 5.24. The van der Waals surface area contributed by atoms with Gasteiger partial charge in [0.25, 0.3) is 0 Å². The fourth-order valence-corrected chi connectivity index (χ4v) is 0.650. The van der Waals surface area contributed by atoms with Gasteiger partial charge < -0.3 is 0 Å². The Morgan fingerprint density at radius 2 is 2.70 bits per heavy atom. The maximum Gasteiger partial charge on any atom is 0.137 e. The Hall–Kier alpha value is -1.06. The van der Waals surface area contributed by atoms with Gasteiger partial charge in [-0.15, -0.1) is 0 Å². The summed E-state index contributed by atoms with van der Waals surface area (Å²) in [4.78, 5) is 7.62. The monoisotopic (exact) mass is 154 g/mol. The van der Waals surface area contributed by atoms with Gasteiger partial charge in [-0.2, -0.15) is 5.10 Å². The lowest BCUT2D eigenvalue weighted by atomic mass is 10.4. The Morgan fingerprint density at radius 3 is 3.30 bits per heavy atom. The largest absolute Gasteiger partial charge is 0.263 e. The number of nitrogens with one attached hydrogen (secondary N) is 1. The molecule has 0 aliphatic carbocycles. The van der Waals surface area contributed by atoms with Gasteiger partial charge in [-0.1, -0.05) is 0 Å². The van der Waals surface area contributed by atoms with Gasteiger partial charge >= 0.3 is 0 Å². The van der Waals surface area contributed by atoms with Crippen LogP contribution in [0.15, 0.2) is 11.3 Å². The molecule has 5 heteroatoms. The fourth-order valence-electron chi connectivity index (χ4n) is 0.559. The van der Waals surface area contributed by atoms with Crippen LogP contribution in [0.1, 0.15) is 5.82 Å². The Morgan fingerprint density at radius 1 is 1.80 bits per heavy atom. The van der Waals surface area contributed by atoms with Gasteiger partial charge in [0.1, 0.15) is 12.2 Å². The van der Waals surface area contributed by atoms with Crippen molar-refractivity contribution in [1.82, 2.24) is 15.2 Å². The maximum atomic E-state index is 4.38. The molecule has 0 saturated heterocycles. The predicted octanol–water partition coefficient (Wildman–Crippen LogP) is 0.450. The summed E-state index contributed by atoms with van der Waals surface area (Å²) in [5.74, 6) is 0.828. The second-order valence-corrected chi connectivity index (χ2v) is 1.84. The molecular formula is C5H6N4S. The minimum Gasteiger partial charge on any atom is -0.263 e. The molecule has 0 spiro atoms. The van der Waals surface area contributed by atoms with E-state index in [9.17, 15) is 0 Å². The Kier molecular flexibility index (Phi) is 2.73. The van der Waals surface area contributed by atoms with E-state index in [0.717, 1.165) is 12.2 Å². The number of hydrogen-bond acceptors (Lipinski definition) is 4. The van der Waals surface area contributed by atoms with E-state index < -0.39 is 0 Å². The molecule has 52 valence electrons. The number of aromatic nitrogens is 3. The molecule has 1 aromatic heterocycles. The van der Waals surface area contributed by atoms with Crippen molar-refractivity contribution in [3.63, 3.8) is 0 Å². The zero-order valence-corrected chi connectivity index (χ0v) is 6.06. The van der Waals surface area contributed by atoms with Crippen LogP contribution in [-0.2, 0) is 6.42 Å². The first-order chi connectivity index (χ1) is 4.93. The number of isothiocyanates is 1. The Labute approximate surface area is 63.4 Å². The van der Waals surface area contributed by atoms with Crippen LogP contribution in [0, 0.1) is 0 Å². The lowest BCUT2D eigenvalue weighted by Gasteiger charge is -1.85. The molecule has 0 fully saturated rings. The quantitative estimate of drug-likeness (QED) is 0.508. The van der Waals surface area contributed by atoms with Gasteiger partial charge in [-0.3, -0.25) is 5.10 Å². The van der Waals surface area contributed by atoms with Gasteiger partial charge in [-0.25, -0.2) is 9.98 Å². The minimum atomic E-state index is 0.624. The van der Waals surface area contributed by atoms with Gasteiger partial charge in [0.05, 0.1) is 11.7 Å². The first kappa shape index (κ1) is 7.05. The van der Waals surface area contributed by atoms with E-state index in [1.165, 1.54) is 6.33 Å². The van der Waals surface area contributed by atoms with Crippen molar-refractivity contribution in [1.29, 1.82) is 0 Å². The molecule has 1 N–H and O–H groups in total. The molecule has 0 aliphatic heterocycles. The molecule has 1 heterocycles. The van der Waals surface area contributed by atoms with Crippen LogP contribution < -0.4 is 0 Å². The summed E-state index contributed by atoms with van der Waals surface area (Å²) in [6, 6.07) is 0. The number of H-pyrrole nitrogens is 1. The average molecular weight is 154 g/mol. The highest BCUT2D eigenvalue weighted by Crippen LogP contribution is 1.86. The lowest BCUT2D eigenvalue weighted by Crippen LogP contribution is -1.91. The average Bonchev–Trinajstić information content (AvgIpc) is 2.41. The molecule has 1 aromatic rings. The highest BCUT2D eigenvalue weighted by atomic mass is 32.1. The third-order valence-corrected chi connectivity index (χ3v) is 1.12. The molecule has 1 rings (SSSR count). The van der Waals surface area contributed by atoms with Crippen LogP contribution in [0.3, 0.4) is 0 Å². The van der Waals surface area contributed by atoms with Crippen molar-refractivity contribution >= 4 is 17.4 Å².